The van der Waals surface area contributed by atoms with Crippen LogP contribution in [0, 0.1) is 0 Å². The number of benzene rings is 6. The molecule has 0 atom stereocenters. The van der Waals surface area contributed by atoms with E-state index in [1.54, 1.807) is 0 Å². The van der Waals surface area contributed by atoms with Crippen LogP contribution in [0.4, 0.5) is 0 Å². The number of hydrogen-bond donors (Lipinski definition) is 0. The van der Waals surface area contributed by atoms with Crippen LogP contribution >= 0.6 is 0 Å². The van der Waals surface area contributed by atoms with Gasteiger partial charge in [0.2, 0.25) is 0 Å². The molecule has 0 radical (unpaired) electrons. The van der Waals surface area contributed by atoms with Crippen LogP contribution in [0.5, 0.6) is 23.0 Å². The molecule has 9 rings (SSSR count). The zero-order chi connectivity index (χ0) is 31.5. The van der Waals surface area contributed by atoms with Crippen molar-refractivity contribution in [2.45, 2.75) is 19.3 Å². The molecule has 2 heterocycles. The summed E-state index contributed by atoms with van der Waals surface area (Å²) in [7, 11) is 0. The van der Waals surface area contributed by atoms with Gasteiger partial charge < -0.3 is 9.47 Å². The van der Waals surface area contributed by atoms with Crippen molar-refractivity contribution < 1.29 is 9.47 Å². The Morgan fingerprint density at radius 3 is 1.70 bits per heavy atom. The Balaban J connectivity index is 1.19. The summed E-state index contributed by atoms with van der Waals surface area (Å²) >= 11 is 0. The van der Waals surface area contributed by atoms with Crippen molar-refractivity contribution in [3.8, 4) is 79.2 Å². The number of aromatic nitrogens is 2. The molecule has 0 spiro atoms. The maximum atomic E-state index is 6.78. The fourth-order valence-electron chi connectivity index (χ4n) is 7.05. The smallest absolute Gasteiger partial charge is 0.178 e. The topological polar surface area (TPSA) is 44.2 Å². The predicted octanol–water partition coefficient (Wildman–Crippen LogP) is 11.3. The molecular weight excluding hydrogens is 576 g/mol. The maximum absolute atomic E-state index is 6.78. The predicted molar refractivity (Wildman–Crippen MR) is 188 cm³/mol. The van der Waals surface area contributed by atoms with Crippen LogP contribution in [0.15, 0.2) is 146 Å². The molecule has 0 amide bonds. The lowest BCUT2D eigenvalue weighted by atomic mass is 9.82. The third kappa shape index (κ3) is 4.37. The van der Waals surface area contributed by atoms with E-state index in [9.17, 15) is 0 Å². The van der Waals surface area contributed by atoms with Gasteiger partial charge in [-0.25, -0.2) is 9.97 Å². The van der Waals surface area contributed by atoms with Gasteiger partial charge in [0, 0.05) is 33.2 Å². The minimum absolute atomic E-state index is 0.127. The first-order valence-corrected chi connectivity index (χ1v) is 15.9. The van der Waals surface area contributed by atoms with Crippen molar-refractivity contribution in [3.63, 3.8) is 0 Å². The molecule has 4 nitrogen and oxygen atoms in total. The van der Waals surface area contributed by atoms with Crippen molar-refractivity contribution in [2.24, 2.45) is 0 Å². The fourth-order valence-corrected chi connectivity index (χ4v) is 7.05. The van der Waals surface area contributed by atoms with Crippen LogP contribution in [-0.2, 0) is 5.41 Å². The highest BCUT2D eigenvalue weighted by atomic mass is 16.6. The first-order chi connectivity index (χ1) is 23.1. The molecule has 6 aromatic carbocycles. The molecule has 0 fully saturated rings. The third-order valence-electron chi connectivity index (χ3n) is 9.39. The van der Waals surface area contributed by atoms with E-state index in [-0.39, 0.29) is 5.41 Å². The second kappa shape index (κ2) is 10.5. The van der Waals surface area contributed by atoms with E-state index in [2.05, 4.69) is 92.7 Å². The summed E-state index contributed by atoms with van der Waals surface area (Å²) in [4.78, 5) is 10.2. The van der Waals surface area contributed by atoms with Crippen LogP contribution in [0.1, 0.15) is 25.0 Å². The highest BCUT2D eigenvalue weighted by Crippen LogP contribution is 2.59. The standard InChI is InChI=1S/C43H30N2O2/c1-43(2)33-22-12-11-20-32(33)39-34(43)24-25-38-41(39)47-37-23-13-21-30(40(37)46-38)29-18-9-10-19-31(29)42-44-35(27-14-5-3-6-15-27)26-36(45-42)28-16-7-4-8-17-28/h3-26H,1-2H3. The Morgan fingerprint density at radius 1 is 0.447 bits per heavy atom. The maximum Gasteiger partial charge on any atom is 0.178 e. The number of hydrogen-bond acceptors (Lipinski definition) is 4. The average molecular weight is 607 g/mol. The zero-order valence-corrected chi connectivity index (χ0v) is 26.1. The molecular formula is C43H30N2O2. The second-order valence-corrected chi connectivity index (χ2v) is 12.6. The van der Waals surface area contributed by atoms with Gasteiger partial charge in [-0.15, -0.1) is 0 Å². The van der Waals surface area contributed by atoms with E-state index in [4.69, 9.17) is 19.4 Å². The van der Waals surface area contributed by atoms with Crippen molar-refractivity contribution >= 4 is 0 Å². The van der Waals surface area contributed by atoms with Gasteiger partial charge in [-0.1, -0.05) is 141 Å². The molecule has 47 heavy (non-hydrogen) atoms. The van der Waals surface area contributed by atoms with Crippen molar-refractivity contribution in [1.29, 1.82) is 0 Å². The van der Waals surface area contributed by atoms with Gasteiger partial charge in [-0.2, -0.15) is 0 Å². The van der Waals surface area contributed by atoms with Crippen LogP contribution in [0.3, 0.4) is 0 Å². The first kappa shape index (κ1) is 27.3. The Kier molecular flexibility index (Phi) is 6.12. The van der Waals surface area contributed by atoms with Gasteiger partial charge in [0.1, 0.15) is 0 Å². The monoisotopic (exact) mass is 606 g/mol. The lowest BCUT2D eigenvalue weighted by Crippen LogP contribution is -2.15. The van der Waals surface area contributed by atoms with Crippen molar-refractivity contribution in [3.05, 3.63) is 157 Å². The zero-order valence-electron chi connectivity index (χ0n) is 26.1. The van der Waals surface area contributed by atoms with E-state index >= 15 is 0 Å². The lowest BCUT2D eigenvalue weighted by molar-refractivity contribution is 0.361. The van der Waals surface area contributed by atoms with Crippen molar-refractivity contribution in [1.82, 2.24) is 9.97 Å². The van der Waals surface area contributed by atoms with E-state index < -0.39 is 0 Å². The summed E-state index contributed by atoms with van der Waals surface area (Å²) in [6, 6.07) is 49.8. The van der Waals surface area contributed by atoms with E-state index in [0.29, 0.717) is 23.1 Å². The van der Waals surface area contributed by atoms with Crippen LogP contribution < -0.4 is 9.47 Å². The molecule has 7 aromatic rings. The van der Waals surface area contributed by atoms with E-state index in [1.165, 1.54) is 16.7 Å². The second-order valence-electron chi connectivity index (χ2n) is 12.6. The average Bonchev–Trinajstić information content (AvgIpc) is 3.37. The normalized spacial score (nSPS) is 13.4. The molecule has 224 valence electrons. The number of para-hydroxylation sites is 1. The molecule has 0 N–H and O–H groups in total. The number of nitrogens with zero attached hydrogens (tertiary/aromatic N) is 2. The SMILES string of the molecule is CC1(C)c2ccccc2-c2c1ccc1c2Oc2cccc(-c3ccccc3-c3nc(-c4ccccc4)cc(-c4ccccc4)n3)c2O1. The molecule has 0 unspecified atom stereocenters. The van der Waals surface area contributed by atoms with Crippen LogP contribution in [0.2, 0.25) is 0 Å². The van der Waals surface area contributed by atoms with Gasteiger partial charge in [0.25, 0.3) is 0 Å². The summed E-state index contributed by atoms with van der Waals surface area (Å²) in [5.41, 5.74) is 11.3. The third-order valence-corrected chi connectivity index (χ3v) is 9.39. The Labute approximate surface area is 274 Å². The highest BCUT2D eigenvalue weighted by molar-refractivity contribution is 5.90. The van der Waals surface area contributed by atoms with Gasteiger partial charge in [-0.05, 0) is 40.5 Å². The molecule has 0 bridgehead atoms. The van der Waals surface area contributed by atoms with E-state index in [1.807, 2.05) is 66.7 Å². The summed E-state index contributed by atoms with van der Waals surface area (Å²) in [5.74, 6) is 3.49. The fraction of sp³-hybridized carbons (Fsp3) is 0.0698. The molecule has 1 aromatic heterocycles. The Morgan fingerprint density at radius 2 is 1.00 bits per heavy atom. The molecule has 0 saturated heterocycles. The summed E-state index contributed by atoms with van der Waals surface area (Å²) in [6.45, 7) is 4.55. The highest BCUT2D eigenvalue weighted by Gasteiger charge is 2.39. The van der Waals surface area contributed by atoms with Gasteiger partial charge in [-0.3, -0.25) is 0 Å². The minimum atomic E-state index is -0.127. The molecule has 1 aliphatic carbocycles. The Hall–Kier alpha value is -6.00. The van der Waals surface area contributed by atoms with Crippen LogP contribution in [-0.4, -0.2) is 9.97 Å². The molecule has 0 saturated carbocycles. The van der Waals surface area contributed by atoms with Crippen LogP contribution in [0.25, 0.3) is 56.2 Å². The van der Waals surface area contributed by atoms with Gasteiger partial charge in [0.05, 0.1) is 11.4 Å². The molecule has 2 aliphatic rings. The number of fused-ring (bicyclic) bond motifs is 6. The van der Waals surface area contributed by atoms with E-state index in [0.717, 1.165) is 50.5 Å². The minimum Gasteiger partial charge on any atom is -0.449 e. The Bertz CT molecular complexity index is 2270. The summed E-state index contributed by atoms with van der Waals surface area (Å²) < 4.78 is 13.6. The molecule has 1 aliphatic heterocycles. The first-order valence-electron chi connectivity index (χ1n) is 15.9. The summed E-state index contributed by atoms with van der Waals surface area (Å²) in [5, 5.41) is 0. The van der Waals surface area contributed by atoms with Gasteiger partial charge >= 0.3 is 0 Å². The van der Waals surface area contributed by atoms with Gasteiger partial charge in [0.15, 0.2) is 28.8 Å². The largest absolute Gasteiger partial charge is 0.449 e. The number of ether oxygens (including phenoxy) is 2. The number of rotatable bonds is 4. The lowest BCUT2D eigenvalue weighted by Gasteiger charge is -2.26. The summed E-state index contributed by atoms with van der Waals surface area (Å²) in [6.07, 6.45) is 0. The van der Waals surface area contributed by atoms with Crippen molar-refractivity contribution in [2.75, 3.05) is 0 Å². The quantitative estimate of drug-likeness (QED) is 0.200. The molecule has 4 heteroatoms.